The Morgan fingerprint density at radius 1 is 1.09 bits per heavy atom. The number of carbonyl (C=O) groups is 1. The second-order valence-corrected chi connectivity index (χ2v) is 7.31. The lowest BCUT2D eigenvalue weighted by Gasteiger charge is -2.06. The summed E-state index contributed by atoms with van der Waals surface area (Å²) in [7, 11) is 0. The van der Waals surface area contributed by atoms with Crippen LogP contribution in [0.5, 0.6) is 0 Å². The minimum atomic E-state index is -0.451. The van der Waals surface area contributed by atoms with Crippen LogP contribution in [0, 0.1) is 10.1 Å². The van der Waals surface area contributed by atoms with Gasteiger partial charge in [0.05, 0.1) is 28.3 Å². The van der Waals surface area contributed by atoms with E-state index in [1.165, 1.54) is 30.1 Å². The van der Waals surface area contributed by atoms with Crippen molar-refractivity contribution >= 4 is 29.6 Å². The van der Waals surface area contributed by atoms with E-state index in [4.69, 9.17) is 0 Å². The molecule has 11 nitrogen and oxygen atoms in total. The van der Waals surface area contributed by atoms with Gasteiger partial charge in [-0.25, -0.2) is 5.43 Å². The average molecular weight is 448 g/mol. The largest absolute Gasteiger partial charge is 0.316 e. The molecule has 0 atom stereocenters. The Labute approximate surface area is 185 Å². The molecule has 0 aliphatic heterocycles. The fourth-order valence-electron chi connectivity index (χ4n) is 2.80. The lowest BCUT2D eigenvalue weighted by atomic mass is 10.3. The molecule has 0 radical (unpaired) electrons. The van der Waals surface area contributed by atoms with Crippen molar-refractivity contribution in [3.05, 3.63) is 88.7 Å². The zero-order valence-electron chi connectivity index (χ0n) is 16.5. The molecule has 0 unspecified atom stereocenters. The van der Waals surface area contributed by atoms with Gasteiger partial charge in [0.1, 0.15) is 0 Å². The molecule has 1 amide bonds. The number of carbonyl (C=O) groups excluding carboxylic acids is 1. The lowest BCUT2D eigenvalue weighted by Crippen LogP contribution is -2.20. The van der Waals surface area contributed by atoms with Crippen LogP contribution in [-0.4, -0.2) is 47.6 Å². The molecule has 0 saturated heterocycles. The molecule has 2 aromatic heterocycles. The maximum Gasteiger partial charge on any atom is 0.269 e. The van der Waals surface area contributed by atoms with Gasteiger partial charge in [-0.05, 0) is 46.8 Å². The standard InChI is InChI=1S/C20H16N8O3S/c29-19(14-32-20-23-24-25-27(20)16-5-2-1-3-6-16)22-21-13-18-7-4-12-26(18)15-8-10-17(11-9-15)28(30)31/h1-13H,14H2,(H,22,29)/b21-13-. The highest BCUT2D eigenvalue weighted by atomic mass is 32.2. The highest BCUT2D eigenvalue weighted by Gasteiger charge is 2.11. The Balaban J connectivity index is 1.35. The number of hydrazone groups is 1. The van der Waals surface area contributed by atoms with Gasteiger partial charge in [0, 0.05) is 24.0 Å². The van der Waals surface area contributed by atoms with Crippen molar-refractivity contribution in [2.75, 3.05) is 5.75 Å². The van der Waals surface area contributed by atoms with Crippen molar-refractivity contribution in [2.45, 2.75) is 5.16 Å². The summed E-state index contributed by atoms with van der Waals surface area (Å²) in [6.07, 6.45) is 3.29. The van der Waals surface area contributed by atoms with Crippen molar-refractivity contribution < 1.29 is 9.72 Å². The molecule has 0 spiro atoms. The molecular weight excluding hydrogens is 432 g/mol. The molecule has 0 bridgehead atoms. The number of hydrogen-bond donors (Lipinski definition) is 1. The number of nitrogens with zero attached hydrogens (tertiary/aromatic N) is 7. The highest BCUT2D eigenvalue weighted by Crippen LogP contribution is 2.18. The normalized spacial score (nSPS) is 11.0. The quantitative estimate of drug-likeness (QED) is 0.190. The van der Waals surface area contributed by atoms with E-state index < -0.39 is 4.92 Å². The monoisotopic (exact) mass is 448 g/mol. The molecule has 0 aliphatic carbocycles. The van der Waals surface area contributed by atoms with E-state index in [2.05, 4.69) is 26.1 Å². The number of rotatable bonds is 8. The smallest absolute Gasteiger partial charge is 0.269 e. The lowest BCUT2D eigenvalue weighted by molar-refractivity contribution is -0.384. The van der Waals surface area contributed by atoms with E-state index in [1.807, 2.05) is 36.4 Å². The molecule has 4 rings (SSSR count). The Hall–Kier alpha value is -4.32. The number of hydrogen-bond acceptors (Lipinski definition) is 8. The number of tetrazole rings is 1. The van der Waals surface area contributed by atoms with Gasteiger partial charge in [-0.1, -0.05) is 30.0 Å². The molecule has 1 N–H and O–H groups in total. The van der Waals surface area contributed by atoms with Crippen molar-refractivity contribution in [2.24, 2.45) is 5.10 Å². The van der Waals surface area contributed by atoms with Crippen molar-refractivity contribution in [1.82, 2.24) is 30.2 Å². The number of non-ortho nitro benzene ring substituents is 1. The summed E-state index contributed by atoms with van der Waals surface area (Å²) in [5.74, 6) is -0.240. The first-order chi connectivity index (χ1) is 15.6. The second-order valence-electron chi connectivity index (χ2n) is 6.37. The van der Waals surface area contributed by atoms with Crippen molar-refractivity contribution in [3.63, 3.8) is 0 Å². The first-order valence-corrected chi connectivity index (χ1v) is 10.3. The average Bonchev–Trinajstić information content (AvgIpc) is 3.48. The number of nitro groups is 1. The molecule has 2 aromatic carbocycles. The van der Waals surface area contributed by atoms with Crippen molar-refractivity contribution in [1.29, 1.82) is 0 Å². The molecule has 32 heavy (non-hydrogen) atoms. The first kappa shape index (κ1) is 20.9. The third-order valence-electron chi connectivity index (χ3n) is 4.28. The van der Waals surface area contributed by atoms with Crippen LogP contribution in [0.25, 0.3) is 11.4 Å². The van der Waals surface area contributed by atoms with Gasteiger partial charge in [-0.2, -0.15) is 9.78 Å². The zero-order valence-corrected chi connectivity index (χ0v) is 17.3. The van der Waals surface area contributed by atoms with E-state index in [1.54, 1.807) is 33.6 Å². The summed E-state index contributed by atoms with van der Waals surface area (Å²) in [4.78, 5) is 22.5. The fourth-order valence-corrected chi connectivity index (χ4v) is 3.49. The second kappa shape index (κ2) is 9.66. The van der Waals surface area contributed by atoms with E-state index >= 15 is 0 Å². The molecule has 0 saturated carbocycles. The van der Waals surface area contributed by atoms with Crippen LogP contribution in [0.2, 0.25) is 0 Å². The topological polar surface area (TPSA) is 133 Å². The fraction of sp³-hybridized carbons (Fsp3) is 0.0500. The van der Waals surface area contributed by atoms with Gasteiger partial charge in [0.15, 0.2) is 0 Å². The van der Waals surface area contributed by atoms with Crippen LogP contribution in [0.1, 0.15) is 5.69 Å². The zero-order chi connectivity index (χ0) is 22.3. The number of amides is 1. The van der Waals surface area contributed by atoms with Gasteiger partial charge in [0.2, 0.25) is 5.16 Å². The molecule has 0 fully saturated rings. The number of nitro benzene ring substituents is 1. The van der Waals surface area contributed by atoms with Crippen LogP contribution in [0.3, 0.4) is 0 Å². The van der Waals surface area contributed by atoms with Gasteiger partial charge in [-0.15, -0.1) is 5.10 Å². The maximum atomic E-state index is 12.2. The van der Waals surface area contributed by atoms with E-state index in [0.717, 1.165) is 11.4 Å². The van der Waals surface area contributed by atoms with Crippen LogP contribution in [0.4, 0.5) is 5.69 Å². The SMILES string of the molecule is O=C(CSc1nnnn1-c1ccccc1)N/N=C\c1cccn1-c1ccc([N+](=O)[O-])cc1. The molecule has 4 aromatic rings. The van der Waals surface area contributed by atoms with Gasteiger partial charge in [0.25, 0.3) is 11.6 Å². The minimum Gasteiger partial charge on any atom is -0.316 e. The van der Waals surface area contributed by atoms with Crippen LogP contribution >= 0.6 is 11.8 Å². The van der Waals surface area contributed by atoms with Gasteiger partial charge < -0.3 is 4.57 Å². The van der Waals surface area contributed by atoms with Crippen molar-refractivity contribution in [3.8, 4) is 11.4 Å². The number of thioether (sulfide) groups is 1. The third-order valence-corrected chi connectivity index (χ3v) is 5.20. The molecule has 160 valence electrons. The summed E-state index contributed by atoms with van der Waals surface area (Å²) in [5, 5.41) is 26.9. The molecule has 2 heterocycles. The van der Waals surface area contributed by atoms with Crippen LogP contribution in [-0.2, 0) is 4.79 Å². The van der Waals surface area contributed by atoms with E-state index in [-0.39, 0.29) is 17.3 Å². The summed E-state index contributed by atoms with van der Waals surface area (Å²) in [6.45, 7) is 0. The summed E-state index contributed by atoms with van der Waals surface area (Å²) < 4.78 is 3.35. The Bertz CT molecular complexity index is 1250. The third kappa shape index (κ3) is 4.87. The Kier molecular flexibility index (Phi) is 6.32. The Morgan fingerprint density at radius 3 is 2.62 bits per heavy atom. The summed E-state index contributed by atoms with van der Waals surface area (Å²) in [6, 6.07) is 19.1. The molecule has 12 heteroatoms. The summed E-state index contributed by atoms with van der Waals surface area (Å²) in [5.41, 5.74) is 4.71. The number of nitrogens with one attached hydrogen (secondary N) is 1. The molecule has 0 aliphatic rings. The van der Waals surface area contributed by atoms with Gasteiger partial charge in [-0.3, -0.25) is 14.9 Å². The maximum absolute atomic E-state index is 12.2. The first-order valence-electron chi connectivity index (χ1n) is 9.32. The molecular formula is C20H16N8O3S. The minimum absolute atomic E-state index is 0.0131. The summed E-state index contributed by atoms with van der Waals surface area (Å²) >= 11 is 1.19. The van der Waals surface area contributed by atoms with E-state index in [9.17, 15) is 14.9 Å². The van der Waals surface area contributed by atoms with Gasteiger partial charge >= 0.3 is 0 Å². The van der Waals surface area contributed by atoms with E-state index in [0.29, 0.717) is 10.9 Å². The number of aromatic nitrogens is 5. The number of para-hydroxylation sites is 1. The van der Waals surface area contributed by atoms with Crippen LogP contribution in [0.15, 0.2) is 83.2 Å². The highest BCUT2D eigenvalue weighted by molar-refractivity contribution is 7.99. The Morgan fingerprint density at radius 2 is 1.88 bits per heavy atom. The van der Waals surface area contributed by atoms with Crippen LogP contribution < -0.4 is 5.43 Å². The number of benzene rings is 2. The predicted octanol–water partition coefficient (Wildman–Crippen LogP) is 2.60. The predicted molar refractivity (Wildman–Crippen MR) is 118 cm³/mol.